The van der Waals surface area contributed by atoms with Crippen LogP contribution in [0.25, 0.3) is 5.69 Å². The van der Waals surface area contributed by atoms with Gasteiger partial charge in [0, 0.05) is 16.8 Å². The fraction of sp³-hybridized carbons (Fsp3) is 0.609. The zero-order chi connectivity index (χ0) is 21.6. The van der Waals surface area contributed by atoms with Gasteiger partial charge in [-0.25, -0.2) is 0 Å². The predicted octanol–water partition coefficient (Wildman–Crippen LogP) is 4.69. The van der Waals surface area contributed by atoms with Crippen molar-refractivity contribution in [3.63, 3.8) is 0 Å². The molecule has 1 aromatic heterocycles. The summed E-state index contributed by atoms with van der Waals surface area (Å²) in [5.41, 5.74) is 0.977. The average molecular weight is 462 g/mol. The Labute approximate surface area is 194 Å². The third-order valence-electron chi connectivity index (χ3n) is 6.39. The van der Waals surface area contributed by atoms with Gasteiger partial charge in [-0.05, 0) is 69.0 Å². The van der Waals surface area contributed by atoms with E-state index in [0.717, 1.165) is 42.7 Å². The van der Waals surface area contributed by atoms with Crippen molar-refractivity contribution in [1.82, 2.24) is 25.0 Å². The van der Waals surface area contributed by atoms with Crippen LogP contribution in [0, 0.1) is 5.92 Å². The largest absolute Gasteiger partial charge is 0.352 e. The first-order valence-corrected chi connectivity index (χ1v) is 12.8. The molecule has 2 aromatic rings. The summed E-state index contributed by atoms with van der Waals surface area (Å²) in [6.45, 7) is 5.19. The van der Waals surface area contributed by atoms with Gasteiger partial charge in [-0.15, -0.1) is 10.2 Å². The maximum Gasteiger partial charge on any atom is 0.230 e. The standard InChI is InChI=1S/C23H32ClN5OS/c1-17-7-3-4-8-20(17)25-22(30)16-31-23-27-26-21(15-28-13-5-2-6-14-28)29(23)19-11-9-18(24)10-12-19/h9-12,17,20H,2-8,13-16H2,1H3,(H,25,30). The lowest BCUT2D eigenvalue weighted by atomic mass is 9.86. The Bertz CT molecular complexity index is 865. The highest BCUT2D eigenvalue weighted by molar-refractivity contribution is 7.99. The van der Waals surface area contributed by atoms with Gasteiger partial charge in [-0.2, -0.15) is 0 Å². The summed E-state index contributed by atoms with van der Waals surface area (Å²) in [6.07, 6.45) is 8.52. The Morgan fingerprint density at radius 2 is 1.84 bits per heavy atom. The summed E-state index contributed by atoms with van der Waals surface area (Å²) in [4.78, 5) is 15.1. The molecule has 0 radical (unpaired) electrons. The first-order chi connectivity index (χ1) is 15.1. The second kappa shape index (κ2) is 10.8. The molecule has 6 nitrogen and oxygen atoms in total. The highest BCUT2D eigenvalue weighted by Gasteiger charge is 2.24. The molecule has 4 rings (SSSR count). The van der Waals surface area contributed by atoms with E-state index < -0.39 is 0 Å². The third-order valence-corrected chi connectivity index (χ3v) is 7.57. The van der Waals surface area contributed by atoms with Crippen LogP contribution in [0.2, 0.25) is 5.02 Å². The molecule has 1 N–H and O–H groups in total. The second-order valence-corrected chi connectivity index (χ2v) is 10.2. The average Bonchev–Trinajstić information content (AvgIpc) is 3.17. The van der Waals surface area contributed by atoms with E-state index in [1.165, 1.54) is 50.3 Å². The number of aromatic nitrogens is 3. The van der Waals surface area contributed by atoms with Gasteiger partial charge in [0.25, 0.3) is 0 Å². The number of piperidine rings is 1. The van der Waals surface area contributed by atoms with Crippen LogP contribution in [0.3, 0.4) is 0 Å². The number of carbonyl (C=O) groups excluding carboxylic acids is 1. The molecule has 0 spiro atoms. The molecule has 2 unspecified atom stereocenters. The molecule has 8 heteroatoms. The van der Waals surface area contributed by atoms with Gasteiger partial charge in [0.2, 0.25) is 5.91 Å². The zero-order valence-electron chi connectivity index (χ0n) is 18.2. The number of rotatable bonds is 7. The normalized spacial score (nSPS) is 22.4. The van der Waals surface area contributed by atoms with Crippen LogP contribution < -0.4 is 5.32 Å². The number of hydrogen-bond acceptors (Lipinski definition) is 5. The Hall–Kier alpha value is -1.57. The topological polar surface area (TPSA) is 63.1 Å². The van der Waals surface area contributed by atoms with Gasteiger partial charge in [0.05, 0.1) is 12.3 Å². The van der Waals surface area contributed by atoms with Gasteiger partial charge in [0.1, 0.15) is 0 Å². The Morgan fingerprint density at radius 1 is 1.10 bits per heavy atom. The van der Waals surface area contributed by atoms with Crippen LogP contribution in [0.1, 0.15) is 57.7 Å². The molecule has 168 valence electrons. The van der Waals surface area contributed by atoms with Crippen molar-refractivity contribution in [3.8, 4) is 5.69 Å². The van der Waals surface area contributed by atoms with Crippen LogP contribution in [0.4, 0.5) is 0 Å². The van der Waals surface area contributed by atoms with Crippen LogP contribution >= 0.6 is 23.4 Å². The number of hydrogen-bond donors (Lipinski definition) is 1. The van der Waals surface area contributed by atoms with Crippen LogP contribution in [-0.2, 0) is 11.3 Å². The van der Waals surface area contributed by atoms with E-state index >= 15 is 0 Å². The summed E-state index contributed by atoms with van der Waals surface area (Å²) in [7, 11) is 0. The second-order valence-electron chi connectivity index (χ2n) is 8.77. The molecular weight excluding hydrogens is 430 g/mol. The van der Waals surface area contributed by atoms with Gasteiger partial charge < -0.3 is 5.32 Å². The lowest BCUT2D eigenvalue weighted by molar-refractivity contribution is -0.119. The van der Waals surface area contributed by atoms with Crippen molar-refractivity contribution in [3.05, 3.63) is 35.1 Å². The van der Waals surface area contributed by atoms with E-state index in [9.17, 15) is 4.79 Å². The molecule has 1 saturated carbocycles. The Kier molecular flexibility index (Phi) is 7.91. The Balaban J connectivity index is 1.47. The quantitative estimate of drug-likeness (QED) is 0.606. The minimum atomic E-state index is 0.0759. The summed E-state index contributed by atoms with van der Waals surface area (Å²) < 4.78 is 2.08. The number of benzene rings is 1. The Morgan fingerprint density at radius 3 is 2.58 bits per heavy atom. The third kappa shape index (κ3) is 6.02. The highest BCUT2D eigenvalue weighted by atomic mass is 35.5. The lowest BCUT2D eigenvalue weighted by Crippen LogP contribution is -2.41. The van der Waals surface area contributed by atoms with Crippen molar-refractivity contribution < 1.29 is 4.79 Å². The lowest BCUT2D eigenvalue weighted by Gasteiger charge is -2.29. The molecule has 2 fully saturated rings. The van der Waals surface area contributed by atoms with Crippen molar-refractivity contribution in [2.45, 2.75) is 69.6 Å². The fourth-order valence-corrected chi connectivity index (χ4v) is 5.48. The first-order valence-electron chi connectivity index (χ1n) is 11.4. The number of likely N-dealkylation sites (tertiary alicyclic amines) is 1. The summed E-state index contributed by atoms with van der Waals surface area (Å²) >= 11 is 7.56. The van der Waals surface area contributed by atoms with Crippen molar-refractivity contribution in [1.29, 1.82) is 0 Å². The predicted molar refractivity (Wildman–Crippen MR) is 126 cm³/mol. The van der Waals surface area contributed by atoms with Crippen LogP contribution in [0.15, 0.2) is 29.4 Å². The number of amides is 1. The van der Waals surface area contributed by atoms with Gasteiger partial charge in [-0.1, -0.05) is 49.5 Å². The molecule has 31 heavy (non-hydrogen) atoms. The minimum absolute atomic E-state index is 0.0759. The number of thioether (sulfide) groups is 1. The maximum atomic E-state index is 12.6. The summed E-state index contributed by atoms with van der Waals surface area (Å²) in [5.74, 6) is 1.88. The fourth-order valence-electron chi connectivity index (χ4n) is 4.57. The maximum absolute atomic E-state index is 12.6. The molecule has 0 bridgehead atoms. The molecule has 1 amide bonds. The van der Waals surface area contributed by atoms with Crippen LogP contribution in [-0.4, -0.2) is 50.5 Å². The molecule has 1 saturated heterocycles. The molecule has 1 aliphatic heterocycles. The van der Waals surface area contributed by atoms with E-state index in [2.05, 4.69) is 31.9 Å². The van der Waals surface area contributed by atoms with Crippen molar-refractivity contribution in [2.75, 3.05) is 18.8 Å². The number of nitrogens with zero attached hydrogens (tertiary/aromatic N) is 4. The zero-order valence-corrected chi connectivity index (χ0v) is 19.8. The van der Waals surface area contributed by atoms with E-state index in [1.54, 1.807) is 0 Å². The number of halogens is 1. The summed E-state index contributed by atoms with van der Waals surface area (Å²) in [6, 6.07) is 8.03. The molecule has 2 aliphatic rings. The minimum Gasteiger partial charge on any atom is -0.352 e. The molecule has 2 heterocycles. The van der Waals surface area contributed by atoms with E-state index in [1.807, 2.05) is 24.3 Å². The summed E-state index contributed by atoms with van der Waals surface area (Å²) in [5, 5.41) is 13.6. The van der Waals surface area contributed by atoms with Crippen molar-refractivity contribution in [2.24, 2.45) is 5.92 Å². The van der Waals surface area contributed by atoms with E-state index in [-0.39, 0.29) is 5.91 Å². The van der Waals surface area contributed by atoms with Crippen molar-refractivity contribution >= 4 is 29.3 Å². The molecule has 2 atom stereocenters. The van der Waals surface area contributed by atoms with Gasteiger partial charge in [0.15, 0.2) is 11.0 Å². The highest BCUT2D eigenvalue weighted by Crippen LogP contribution is 2.26. The number of carbonyl (C=O) groups is 1. The molecule has 1 aromatic carbocycles. The van der Waals surface area contributed by atoms with E-state index in [4.69, 9.17) is 11.6 Å². The van der Waals surface area contributed by atoms with Gasteiger partial charge in [-0.3, -0.25) is 14.3 Å². The van der Waals surface area contributed by atoms with Crippen LogP contribution in [0.5, 0.6) is 0 Å². The van der Waals surface area contributed by atoms with Gasteiger partial charge >= 0.3 is 0 Å². The molecular formula is C23H32ClN5OS. The SMILES string of the molecule is CC1CCCCC1NC(=O)CSc1nnc(CN2CCCCC2)n1-c1ccc(Cl)cc1. The smallest absolute Gasteiger partial charge is 0.230 e. The first kappa shape index (κ1) is 22.6. The van der Waals surface area contributed by atoms with E-state index in [0.29, 0.717) is 22.7 Å². The molecule has 1 aliphatic carbocycles. The monoisotopic (exact) mass is 461 g/mol. The number of nitrogens with one attached hydrogen (secondary N) is 1.